The molecule has 2 heterocycles. The van der Waals surface area contributed by atoms with Crippen LogP contribution in [0.1, 0.15) is 12.7 Å². The zero-order valence-electron chi connectivity index (χ0n) is 11.5. The van der Waals surface area contributed by atoms with Gasteiger partial charge >= 0.3 is 0 Å². The van der Waals surface area contributed by atoms with Gasteiger partial charge in [-0.25, -0.2) is 0 Å². The number of hydrogen-bond acceptors (Lipinski definition) is 7. The molecule has 0 bridgehead atoms. The van der Waals surface area contributed by atoms with Gasteiger partial charge in [0.15, 0.2) is 4.34 Å². The number of nitrogens with one attached hydrogen (secondary N) is 2. The van der Waals surface area contributed by atoms with E-state index in [4.69, 9.17) is 4.42 Å². The second-order valence-electron chi connectivity index (χ2n) is 4.10. The van der Waals surface area contributed by atoms with E-state index in [0.29, 0.717) is 18.2 Å². The third-order valence-electron chi connectivity index (χ3n) is 2.47. The number of anilines is 1. The van der Waals surface area contributed by atoms with Crippen LogP contribution >= 0.6 is 23.1 Å². The molecule has 8 heteroatoms. The first-order chi connectivity index (χ1) is 10.2. The molecule has 0 saturated heterocycles. The van der Waals surface area contributed by atoms with E-state index in [2.05, 4.69) is 27.4 Å². The summed E-state index contributed by atoms with van der Waals surface area (Å²) in [6.07, 6.45) is 3.28. The number of hydrogen-bond donors (Lipinski definition) is 2. The molecule has 0 aromatic carbocycles. The molecule has 0 aliphatic carbocycles. The molecule has 1 amide bonds. The third kappa shape index (κ3) is 4.91. The molecular weight excluding hydrogens is 308 g/mol. The van der Waals surface area contributed by atoms with Crippen molar-refractivity contribution in [3.05, 3.63) is 36.8 Å². The smallest absolute Gasteiger partial charge is 0.233 e. The van der Waals surface area contributed by atoms with Crippen LogP contribution in [0.25, 0.3) is 0 Å². The Morgan fingerprint density at radius 1 is 1.62 bits per heavy atom. The third-order valence-corrected chi connectivity index (χ3v) is 4.53. The van der Waals surface area contributed by atoms with Crippen molar-refractivity contribution in [2.24, 2.45) is 0 Å². The Morgan fingerprint density at radius 3 is 3.19 bits per heavy atom. The Labute approximate surface area is 131 Å². The molecule has 2 N–H and O–H groups in total. The van der Waals surface area contributed by atoms with E-state index in [9.17, 15) is 4.79 Å². The second-order valence-corrected chi connectivity index (χ2v) is 6.67. The molecule has 0 radical (unpaired) electrons. The zero-order chi connectivity index (χ0) is 15.1. The molecule has 0 saturated carbocycles. The van der Waals surface area contributed by atoms with Crippen molar-refractivity contribution in [2.45, 2.75) is 23.1 Å². The highest BCUT2D eigenvalue weighted by atomic mass is 32.2. The van der Waals surface area contributed by atoms with Crippen LogP contribution in [-0.2, 0) is 11.3 Å². The Balaban J connectivity index is 1.82. The van der Waals surface area contributed by atoms with Gasteiger partial charge in [0.1, 0.15) is 5.76 Å². The molecule has 21 heavy (non-hydrogen) atoms. The molecule has 0 fully saturated rings. The van der Waals surface area contributed by atoms with Crippen LogP contribution in [0.3, 0.4) is 0 Å². The average Bonchev–Trinajstić information content (AvgIpc) is 3.13. The molecule has 2 rings (SSSR count). The van der Waals surface area contributed by atoms with Gasteiger partial charge < -0.3 is 15.1 Å². The van der Waals surface area contributed by atoms with E-state index in [0.717, 1.165) is 10.1 Å². The van der Waals surface area contributed by atoms with Crippen LogP contribution in [0.15, 0.2) is 39.8 Å². The molecule has 1 atom stereocenters. The quantitative estimate of drug-likeness (QED) is 0.574. The SMILES string of the molecule is C=CCNC(=O)C(C)Sc1nnc(NCc2ccco2)s1. The maximum absolute atomic E-state index is 11.7. The van der Waals surface area contributed by atoms with E-state index < -0.39 is 0 Å². The van der Waals surface area contributed by atoms with Crippen molar-refractivity contribution in [3.63, 3.8) is 0 Å². The molecule has 2 aromatic heterocycles. The lowest BCUT2D eigenvalue weighted by atomic mass is 10.4. The van der Waals surface area contributed by atoms with Crippen molar-refractivity contribution >= 4 is 34.1 Å². The van der Waals surface area contributed by atoms with Gasteiger partial charge in [-0.05, 0) is 19.1 Å². The lowest BCUT2D eigenvalue weighted by Crippen LogP contribution is -2.30. The highest BCUT2D eigenvalue weighted by Gasteiger charge is 2.16. The number of furan rings is 1. The molecule has 2 aromatic rings. The summed E-state index contributed by atoms with van der Waals surface area (Å²) in [6.45, 7) is 6.42. The summed E-state index contributed by atoms with van der Waals surface area (Å²) in [5.41, 5.74) is 0. The standard InChI is InChI=1S/C13H16N4O2S2/c1-3-6-14-11(18)9(2)20-13-17-16-12(21-13)15-8-10-5-4-7-19-10/h3-5,7,9H,1,6,8H2,2H3,(H,14,18)(H,15,16). The number of aromatic nitrogens is 2. The van der Waals surface area contributed by atoms with Crippen molar-refractivity contribution in [1.29, 1.82) is 0 Å². The normalized spacial score (nSPS) is 11.9. The first kappa shape index (κ1) is 15.6. The lowest BCUT2D eigenvalue weighted by molar-refractivity contribution is -0.120. The molecule has 112 valence electrons. The van der Waals surface area contributed by atoms with Crippen LogP contribution in [-0.4, -0.2) is 27.9 Å². The van der Waals surface area contributed by atoms with E-state index in [1.807, 2.05) is 19.1 Å². The van der Waals surface area contributed by atoms with Crippen molar-refractivity contribution in [1.82, 2.24) is 15.5 Å². The Kier molecular flexibility index (Phi) is 5.82. The minimum atomic E-state index is -0.226. The Bertz CT molecular complexity index is 583. The summed E-state index contributed by atoms with van der Waals surface area (Å²) in [7, 11) is 0. The molecular formula is C13H16N4O2S2. The number of rotatable bonds is 8. The topological polar surface area (TPSA) is 80.0 Å². The number of thioether (sulfide) groups is 1. The van der Waals surface area contributed by atoms with Crippen LogP contribution < -0.4 is 10.6 Å². The largest absolute Gasteiger partial charge is 0.467 e. The Morgan fingerprint density at radius 2 is 2.48 bits per heavy atom. The first-order valence-corrected chi connectivity index (χ1v) is 8.03. The second kappa shape index (κ2) is 7.84. The van der Waals surface area contributed by atoms with Crippen LogP contribution in [0.2, 0.25) is 0 Å². The van der Waals surface area contributed by atoms with Gasteiger partial charge in [0.2, 0.25) is 11.0 Å². The lowest BCUT2D eigenvalue weighted by Gasteiger charge is -2.07. The first-order valence-electron chi connectivity index (χ1n) is 6.34. The van der Waals surface area contributed by atoms with Crippen LogP contribution in [0.5, 0.6) is 0 Å². The maximum atomic E-state index is 11.7. The summed E-state index contributed by atoms with van der Waals surface area (Å²) < 4.78 is 5.97. The fourth-order valence-electron chi connectivity index (χ4n) is 1.43. The fraction of sp³-hybridized carbons (Fsp3) is 0.308. The van der Waals surface area contributed by atoms with E-state index in [-0.39, 0.29) is 11.2 Å². The minimum absolute atomic E-state index is 0.0415. The molecule has 0 spiro atoms. The van der Waals surface area contributed by atoms with Gasteiger partial charge in [0.05, 0.1) is 18.1 Å². The van der Waals surface area contributed by atoms with E-state index >= 15 is 0 Å². The number of carbonyl (C=O) groups excluding carboxylic acids is 1. The van der Waals surface area contributed by atoms with Crippen molar-refractivity contribution < 1.29 is 9.21 Å². The van der Waals surface area contributed by atoms with Gasteiger partial charge in [-0.1, -0.05) is 29.2 Å². The van der Waals surface area contributed by atoms with Crippen LogP contribution in [0.4, 0.5) is 5.13 Å². The van der Waals surface area contributed by atoms with Crippen molar-refractivity contribution in [2.75, 3.05) is 11.9 Å². The average molecular weight is 324 g/mol. The minimum Gasteiger partial charge on any atom is -0.467 e. The highest BCUT2D eigenvalue weighted by molar-refractivity contribution is 8.02. The summed E-state index contributed by atoms with van der Waals surface area (Å²) >= 11 is 2.79. The molecule has 0 aliphatic heterocycles. The summed E-state index contributed by atoms with van der Waals surface area (Å²) in [5.74, 6) is 0.789. The van der Waals surface area contributed by atoms with E-state index in [1.54, 1.807) is 12.3 Å². The van der Waals surface area contributed by atoms with Gasteiger partial charge in [0, 0.05) is 6.54 Å². The predicted octanol–water partition coefficient (Wildman–Crippen LogP) is 2.53. The van der Waals surface area contributed by atoms with E-state index in [1.165, 1.54) is 23.1 Å². The van der Waals surface area contributed by atoms with Gasteiger partial charge in [-0.3, -0.25) is 4.79 Å². The molecule has 1 unspecified atom stereocenters. The maximum Gasteiger partial charge on any atom is 0.233 e. The van der Waals surface area contributed by atoms with Gasteiger partial charge in [-0.15, -0.1) is 16.8 Å². The van der Waals surface area contributed by atoms with Gasteiger partial charge in [0.25, 0.3) is 0 Å². The summed E-state index contributed by atoms with van der Waals surface area (Å²) in [6, 6.07) is 3.72. The number of amides is 1. The Hall–Kier alpha value is -1.80. The number of carbonyl (C=O) groups is 1. The molecule has 6 nitrogen and oxygen atoms in total. The fourth-order valence-corrected chi connectivity index (χ4v) is 3.34. The molecule has 0 aliphatic rings. The van der Waals surface area contributed by atoms with Crippen LogP contribution in [0, 0.1) is 0 Å². The van der Waals surface area contributed by atoms with Crippen molar-refractivity contribution in [3.8, 4) is 0 Å². The van der Waals surface area contributed by atoms with Gasteiger partial charge in [-0.2, -0.15) is 0 Å². The highest BCUT2D eigenvalue weighted by Crippen LogP contribution is 2.29. The summed E-state index contributed by atoms with van der Waals surface area (Å²) in [4.78, 5) is 11.7. The summed E-state index contributed by atoms with van der Waals surface area (Å²) in [5, 5.41) is 14.5. The monoisotopic (exact) mass is 324 g/mol. The zero-order valence-corrected chi connectivity index (χ0v) is 13.2. The number of nitrogens with zero attached hydrogens (tertiary/aromatic N) is 2. The predicted molar refractivity (Wildman–Crippen MR) is 84.5 cm³/mol.